The lowest BCUT2D eigenvalue weighted by molar-refractivity contribution is -0.125. The van der Waals surface area contributed by atoms with E-state index in [9.17, 15) is 9.59 Å². The van der Waals surface area contributed by atoms with Gasteiger partial charge in [-0.15, -0.1) is 0 Å². The maximum atomic E-state index is 12.8. The topological polar surface area (TPSA) is 126 Å². The minimum absolute atomic E-state index is 0.0449. The number of ether oxygens (including phenoxy) is 4. The van der Waals surface area contributed by atoms with E-state index in [0.29, 0.717) is 36.2 Å². The summed E-state index contributed by atoms with van der Waals surface area (Å²) >= 11 is 0. The summed E-state index contributed by atoms with van der Waals surface area (Å²) in [5.41, 5.74) is 0.532. The van der Waals surface area contributed by atoms with Gasteiger partial charge in [0.1, 0.15) is 12.6 Å². The minimum atomic E-state index is -0.825. The van der Waals surface area contributed by atoms with Crippen molar-refractivity contribution in [2.45, 2.75) is 19.1 Å². The number of aromatic nitrogens is 3. The van der Waals surface area contributed by atoms with Crippen LogP contribution in [0.4, 0.5) is 11.6 Å². The quantitative estimate of drug-likeness (QED) is 0.663. The van der Waals surface area contributed by atoms with E-state index in [1.165, 1.54) is 4.68 Å². The highest BCUT2D eigenvalue weighted by atomic mass is 16.7. The van der Waals surface area contributed by atoms with Crippen LogP contribution in [0.1, 0.15) is 18.3 Å². The lowest BCUT2D eigenvalue weighted by Gasteiger charge is -2.22. The first-order valence-corrected chi connectivity index (χ1v) is 8.66. The molecular formula is C17H19N5O6. The Hall–Kier alpha value is -3.18. The first-order valence-electron chi connectivity index (χ1n) is 8.66. The minimum Gasteiger partial charge on any atom is -0.454 e. The van der Waals surface area contributed by atoms with E-state index in [1.807, 2.05) is 0 Å². The number of amides is 2. The van der Waals surface area contributed by atoms with E-state index in [2.05, 4.69) is 20.7 Å². The summed E-state index contributed by atoms with van der Waals surface area (Å²) in [5.74, 6) is 1.06. The number of hydrogen-bond acceptors (Lipinski definition) is 8. The smallest absolute Gasteiger partial charge is 0.249 e. The fourth-order valence-electron chi connectivity index (χ4n) is 2.88. The molecule has 4 rings (SSSR count). The molecule has 3 heterocycles. The van der Waals surface area contributed by atoms with Crippen molar-refractivity contribution in [2.24, 2.45) is 0 Å². The third kappa shape index (κ3) is 3.75. The molecule has 0 aliphatic carbocycles. The Balaban J connectivity index is 1.48. The number of nitrogens with one attached hydrogen (secondary N) is 2. The molecule has 0 fully saturated rings. The number of rotatable bonds is 7. The van der Waals surface area contributed by atoms with Gasteiger partial charge >= 0.3 is 0 Å². The summed E-state index contributed by atoms with van der Waals surface area (Å²) in [5, 5.41) is 9.70. The van der Waals surface area contributed by atoms with E-state index >= 15 is 0 Å². The Morgan fingerprint density at radius 1 is 1.36 bits per heavy atom. The van der Waals surface area contributed by atoms with Gasteiger partial charge in [-0.25, -0.2) is 4.68 Å². The third-order valence-electron chi connectivity index (χ3n) is 4.21. The van der Waals surface area contributed by atoms with Crippen LogP contribution in [0.25, 0.3) is 0 Å². The molecule has 1 atom stereocenters. The van der Waals surface area contributed by atoms with Crippen LogP contribution in [-0.4, -0.2) is 53.7 Å². The maximum absolute atomic E-state index is 12.8. The van der Waals surface area contributed by atoms with Crippen LogP contribution >= 0.6 is 0 Å². The van der Waals surface area contributed by atoms with Crippen molar-refractivity contribution in [3.8, 4) is 11.5 Å². The van der Waals surface area contributed by atoms with Crippen LogP contribution in [-0.2, 0) is 25.7 Å². The average Bonchev–Trinajstić information content (AvgIpc) is 3.30. The second-order valence-corrected chi connectivity index (χ2v) is 6.17. The van der Waals surface area contributed by atoms with E-state index in [0.717, 1.165) is 0 Å². The number of carbonyl (C=O) groups is 2. The van der Waals surface area contributed by atoms with E-state index in [4.69, 9.17) is 18.9 Å². The fraction of sp³-hybridized carbons (Fsp3) is 0.412. The summed E-state index contributed by atoms with van der Waals surface area (Å²) in [7, 11) is 1.58. The molecule has 2 aliphatic rings. The van der Waals surface area contributed by atoms with Crippen LogP contribution in [0.15, 0.2) is 18.2 Å². The van der Waals surface area contributed by atoms with Crippen molar-refractivity contribution < 1.29 is 28.5 Å². The number of fused-ring (bicyclic) bond motifs is 2. The van der Waals surface area contributed by atoms with Gasteiger partial charge in [0.25, 0.3) is 0 Å². The van der Waals surface area contributed by atoms with E-state index < -0.39 is 6.04 Å². The number of anilines is 2. The average molecular weight is 389 g/mol. The van der Waals surface area contributed by atoms with Crippen molar-refractivity contribution in [2.75, 3.05) is 37.8 Å². The summed E-state index contributed by atoms with van der Waals surface area (Å²) in [4.78, 5) is 29.0. The van der Waals surface area contributed by atoms with Gasteiger partial charge in [0.05, 0.1) is 19.6 Å². The Morgan fingerprint density at radius 2 is 2.21 bits per heavy atom. The summed E-state index contributed by atoms with van der Waals surface area (Å²) in [6, 6.07) is 4.25. The SMILES string of the molecule is COCCOCc1nc2n(n1)C(C(=O)Nc1ccc3c(c1)OCO3)CC(=O)N2. The Labute approximate surface area is 159 Å². The molecule has 2 amide bonds. The first-order chi connectivity index (χ1) is 13.6. The monoisotopic (exact) mass is 389 g/mol. The normalized spacial score (nSPS) is 17.2. The first kappa shape index (κ1) is 18.2. The standard InChI is InChI=1S/C17H19N5O6/c1-25-4-5-26-8-14-19-17-20-15(23)7-11(22(17)21-14)16(24)18-10-2-3-12-13(6-10)28-9-27-12/h2-3,6,11H,4-5,7-9H2,1H3,(H,18,24)(H,19,20,21,23). The number of methoxy groups -OCH3 is 1. The van der Waals surface area contributed by atoms with Crippen molar-refractivity contribution in [3.05, 3.63) is 24.0 Å². The van der Waals surface area contributed by atoms with Gasteiger partial charge in [0.2, 0.25) is 24.6 Å². The highest BCUT2D eigenvalue weighted by Gasteiger charge is 2.33. The predicted octanol–water partition coefficient (Wildman–Crippen LogP) is 0.692. The maximum Gasteiger partial charge on any atom is 0.249 e. The lowest BCUT2D eigenvalue weighted by Crippen LogP contribution is -2.36. The van der Waals surface area contributed by atoms with Gasteiger partial charge in [0, 0.05) is 18.9 Å². The van der Waals surface area contributed by atoms with Gasteiger partial charge in [0.15, 0.2) is 17.3 Å². The van der Waals surface area contributed by atoms with Crippen molar-refractivity contribution >= 4 is 23.5 Å². The Kier molecular flexibility index (Phi) is 5.08. The second kappa shape index (κ2) is 7.82. The molecule has 148 valence electrons. The Bertz CT molecular complexity index is 898. The second-order valence-electron chi connectivity index (χ2n) is 6.17. The zero-order chi connectivity index (χ0) is 19.5. The van der Waals surface area contributed by atoms with Gasteiger partial charge in [-0.3, -0.25) is 14.9 Å². The zero-order valence-electron chi connectivity index (χ0n) is 15.1. The van der Waals surface area contributed by atoms with Crippen LogP contribution < -0.4 is 20.1 Å². The molecule has 2 aromatic rings. The van der Waals surface area contributed by atoms with Crippen molar-refractivity contribution in [1.82, 2.24) is 14.8 Å². The number of nitrogens with zero attached hydrogens (tertiary/aromatic N) is 3. The molecule has 0 spiro atoms. The number of hydrogen-bond donors (Lipinski definition) is 2. The summed E-state index contributed by atoms with van der Waals surface area (Å²) in [6.45, 7) is 1.13. The molecule has 2 aliphatic heterocycles. The molecule has 0 radical (unpaired) electrons. The van der Waals surface area contributed by atoms with Crippen LogP contribution in [0.3, 0.4) is 0 Å². The number of benzene rings is 1. The molecule has 0 bridgehead atoms. The Morgan fingerprint density at radius 3 is 3.07 bits per heavy atom. The van der Waals surface area contributed by atoms with Gasteiger partial charge in [-0.1, -0.05) is 0 Å². The molecular weight excluding hydrogens is 370 g/mol. The van der Waals surface area contributed by atoms with Crippen LogP contribution in [0.2, 0.25) is 0 Å². The van der Waals surface area contributed by atoms with E-state index in [-0.39, 0.29) is 37.6 Å². The molecule has 1 unspecified atom stereocenters. The third-order valence-corrected chi connectivity index (χ3v) is 4.21. The summed E-state index contributed by atoms with van der Waals surface area (Å²) < 4.78 is 22.3. The zero-order valence-corrected chi connectivity index (χ0v) is 15.1. The molecule has 1 aromatic heterocycles. The highest BCUT2D eigenvalue weighted by molar-refractivity contribution is 6.00. The largest absolute Gasteiger partial charge is 0.454 e. The fourth-order valence-corrected chi connectivity index (χ4v) is 2.88. The van der Waals surface area contributed by atoms with Gasteiger partial charge in [-0.2, -0.15) is 10.1 Å². The van der Waals surface area contributed by atoms with Gasteiger partial charge < -0.3 is 24.3 Å². The van der Waals surface area contributed by atoms with Gasteiger partial charge in [-0.05, 0) is 12.1 Å². The molecule has 0 saturated heterocycles. The molecule has 1 aromatic carbocycles. The molecule has 11 nitrogen and oxygen atoms in total. The number of carbonyl (C=O) groups excluding carboxylic acids is 2. The lowest BCUT2D eigenvalue weighted by atomic mass is 10.1. The van der Waals surface area contributed by atoms with Crippen LogP contribution in [0, 0.1) is 0 Å². The predicted molar refractivity (Wildman–Crippen MR) is 95.0 cm³/mol. The van der Waals surface area contributed by atoms with E-state index in [1.54, 1.807) is 25.3 Å². The highest BCUT2D eigenvalue weighted by Crippen LogP contribution is 2.34. The van der Waals surface area contributed by atoms with Crippen molar-refractivity contribution in [3.63, 3.8) is 0 Å². The van der Waals surface area contributed by atoms with Crippen LogP contribution in [0.5, 0.6) is 11.5 Å². The molecule has 11 heteroatoms. The van der Waals surface area contributed by atoms with Crippen molar-refractivity contribution in [1.29, 1.82) is 0 Å². The molecule has 28 heavy (non-hydrogen) atoms. The molecule has 2 N–H and O–H groups in total. The summed E-state index contributed by atoms with van der Waals surface area (Å²) in [6.07, 6.45) is -0.0449. The molecule has 0 saturated carbocycles.